The van der Waals surface area contributed by atoms with Crippen LogP contribution in [0.3, 0.4) is 0 Å². The molecule has 0 aliphatic carbocycles. The molecule has 2 rings (SSSR count). The first-order valence-electron chi connectivity index (χ1n) is 7.32. The predicted octanol–water partition coefficient (Wildman–Crippen LogP) is 3.64. The largest absolute Gasteiger partial charge is 0.406 e. The highest BCUT2D eigenvalue weighted by Gasteiger charge is 2.34. The molecule has 0 spiro atoms. The number of aromatic nitrogens is 2. The van der Waals surface area contributed by atoms with Gasteiger partial charge in [-0.3, -0.25) is 4.79 Å². The summed E-state index contributed by atoms with van der Waals surface area (Å²) in [6.07, 6.45) is -3.26. The van der Waals surface area contributed by atoms with Crippen molar-refractivity contribution in [1.29, 1.82) is 0 Å². The molecule has 126 valence electrons. The molecule has 0 aromatic carbocycles. The summed E-state index contributed by atoms with van der Waals surface area (Å²) in [5, 5.41) is 4.11. The number of amides is 1. The van der Waals surface area contributed by atoms with E-state index in [2.05, 4.69) is 10.1 Å². The van der Waals surface area contributed by atoms with E-state index in [0.29, 0.717) is 29.6 Å². The zero-order valence-electron chi connectivity index (χ0n) is 13.2. The van der Waals surface area contributed by atoms with E-state index >= 15 is 0 Å². The predicted molar refractivity (Wildman–Crippen MR) is 78.1 cm³/mol. The molecule has 0 saturated carbocycles. The van der Waals surface area contributed by atoms with Gasteiger partial charge in [-0.15, -0.1) is 0 Å². The first-order chi connectivity index (χ1) is 10.7. The van der Waals surface area contributed by atoms with Crippen LogP contribution in [0.25, 0.3) is 11.1 Å². The number of fused-ring (bicyclic) bond motifs is 1. The molecule has 2 aromatic heterocycles. The summed E-state index contributed by atoms with van der Waals surface area (Å²) in [5.41, 5.74) is 1.22. The molecule has 8 heteroatoms. The van der Waals surface area contributed by atoms with Gasteiger partial charge in [-0.25, -0.2) is 4.98 Å². The van der Waals surface area contributed by atoms with Crippen LogP contribution in [0.4, 0.5) is 13.2 Å². The number of carbonyl (C=O) groups excluding carboxylic acids is 1. The highest BCUT2D eigenvalue weighted by atomic mass is 19.4. The fourth-order valence-electron chi connectivity index (χ4n) is 2.37. The van der Waals surface area contributed by atoms with Crippen molar-refractivity contribution < 1.29 is 22.5 Å². The number of aryl methyl sites for hydroxylation is 2. The summed E-state index contributed by atoms with van der Waals surface area (Å²) in [5.74, 6) is -0.683. The van der Waals surface area contributed by atoms with Crippen LogP contribution in [-0.2, 0) is 0 Å². The Kier molecular flexibility index (Phi) is 4.91. The molecule has 0 bridgehead atoms. The highest BCUT2D eigenvalue weighted by Crippen LogP contribution is 2.25. The van der Waals surface area contributed by atoms with Crippen LogP contribution in [0.15, 0.2) is 10.6 Å². The second-order valence-electron chi connectivity index (χ2n) is 5.45. The normalized spacial score (nSPS) is 11.9. The summed E-state index contributed by atoms with van der Waals surface area (Å²) < 4.78 is 43.4. The van der Waals surface area contributed by atoms with Crippen molar-refractivity contribution in [1.82, 2.24) is 15.0 Å². The molecule has 0 fully saturated rings. The molecule has 0 unspecified atom stereocenters. The Labute approximate surface area is 131 Å². The van der Waals surface area contributed by atoms with Crippen molar-refractivity contribution in [2.24, 2.45) is 0 Å². The number of unbranched alkanes of at least 4 members (excludes halogenated alkanes) is 1. The lowest BCUT2D eigenvalue weighted by Gasteiger charge is -2.24. The summed E-state index contributed by atoms with van der Waals surface area (Å²) in [4.78, 5) is 17.6. The molecule has 23 heavy (non-hydrogen) atoms. The third-order valence-corrected chi connectivity index (χ3v) is 3.41. The topological polar surface area (TPSA) is 59.2 Å². The Morgan fingerprint density at radius 3 is 2.65 bits per heavy atom. The minimum Gasteiger partial charge on any atom is -0.336 e. The van der Waals surface area contributed by atoms with E-state index in [0.717, 1.165) is 4.90 Å². The van der Waals surface area contributed by atoms with Crippen molar-refractivity contribution in [3.63, 3.8) is 0 Å². The second kappa shape index (κ2) is 6.55. The standard InChI is InChI=1S/C15H18F3N3O2/c1-4-5-6-21(8-15(16,17)18)14(22)11-7-9(2)19-13-12(11)10(3)20-23-13/h7H,4-6,8H2,1-3H3. The van der Waals surface area contributed by atoms with Gasteiger partial charge < -0.3 is 9.42 Å². The fourth-order valence-corrected chi connectivity index (χ4v) is 2.37. The number of halogens is 3. The number of carbonyl (C=O) groups is 1. The van der Waals surface area contributed by atoms with Crippen LogP contribution in [0, 0.1) is 13.8 Å². The maximum Gasteiger partial charge on any atom is 0.406 e. The number of hydrogen-bond acceptors (Lipinski definition) is 4. The summed E-state index contributed by atoms with van der Waals surface area (Å²) >= 11 is 0. The third kappa shape index (κ3) is 4.00. The summed E-state index contributed by atoms with van der Waals surface area (Å²) in [6.45, 7) is 3.89. The van der Waals surface area contributed by atoms with Crippen LogP contribution < -0.4 is 0 Å². The monoisotopic (exact) mass is 329 g/mol. The van der Waals surface area contributed by atoms with Gasteiger partial charge in [0.15, 0.2) is 0 Å². The Hall–Kier alpha value is -2.12. The van der Waals surface area contributed by atoms with E-state index < -0.39 is 18.6 Å². The van der Waals surface area contributed by atoms with Gasteiger partial charge >= 0.3 is 6.18 Å². The quantitative estimate of drug-likeness (QED) is 0.840. The summed E-state index contributed by atoms with van der Waals surface area (Å²) in [7, 11) is 0. The van der Waals surface area contributed by atoms with Gasteiger partial charge in [0, 0.05) is 12.2 Å². The van der Waals surface area contributed by atoms with Gasteiger partial charge in [0.2, 0.25) is 0 Å². The maximum atomic E-state index is 12.8. The van der Waals surface area contributed by atoms with Crippen molar-refractivity contribution in [2.45, 2.75) is 39.8 Å². The second-order valence-corrected chi connectivity index (χ2v) is 5.45. The minimum absolute atomic E-state index is 0.0437. The van der Waals surface area contributed by atoms with E-state index in [4.69, 9.17) is 4.52 Å². The SMILES string of the molecule is CCCCN(CC(F)(F)F)C(=O)c1cc(C)nc2onc(C)c12. The van der Waals surface area contributed by atoms with Crippen LogP contribution in [0.5, 0.6) is 0 Å². The Morgan fingerprint density at radius 1 is 1.35 bits per heavy atom. The molecule has 0 radical (unpaired) electrons. The van der Waals surface area contributed by atoms with Crippen molar-refractivity contribution in [2.75, 3.05) is 13.1 Å². The molecular formula is C15H18F3N3O2. The molecule has 0 aliphatic rings. The van der Waals surface area contributed by atoms with E-state index in [1.54, 1.807) is 13.8 Å². The third-order valence-electron chi connectivity index (χ3n) is 3.41. The lowest BCUT2D eigenvalue weighted by molar-refractivity contribution is -0.140. The lowest BCUT2D eigenvalue weighted by Crippen LogP contribution is -2.39. The average Bonchev–Trinajstić information content (AvgIpc) is 2.82. The lowest BCUT2D eigenvalue weighted by atomic mass is 10.1. The molecule has 0 atom stereocenters. The zero-order chi connectivity index (χ0) is 17.2. The Balaban J connectivity index is 2.44. The van der Waals surface area contributed by atoms with Crippen molar-refractivity contribution in [3.8, 4) is 0 Å². The number of rotatable bonds is 5. The van der Waals surface area contributed by atoms with E-state index in [9.17, 15) is 18.0 Å². The maximum absolute atomic E-state index is 12.8. The van der Waals surface area contributed by atoms with E-state index in [-0.39, 0.29) is 17.8 Å². The Morgan fingerprint density at radius 2 is 2.04 bits per heavy atom. The number of alkyl halides is 3. The first kappa shape index (κ1) is 17.2. The molecule has 0 N–H and O–H groups in total. The number of nitrogens with zero attached hydrogens (tertiary/aromatic N) is 3. The van der Waals surface area contributed by atoms with Gasteiger partial charge in [0.05, 0.1) is 16.6 Å². The minimum atomic E-state index is -4.45. The molecule has 0 aliphatic heterocycles. The molecular weight excluding hydrogens is 311 g/mol. The zero-order valence-corrected chi connectivity index (χ0v) is 13.2. The van der Waals surface area contributed by atoms with Crippen LogP contribution in [0.2, 0.25) is 0 Å². The number of hydrogen-bond donors (Lipinski definition) is 0. The van der Waals surface area contributed by atoms with Crippen LogP contribution >= 0.6 is 0 Å². The average molecular weight is 329 g/mol. The van der Waals surface area contributed by atoms with Crippen molar-refractivity contribution in [3.05, 3.63) is 23.0 Å². The van der Waals surface area contributed by atoms with Crippen LogP contribution in [-0.4, -0.2) is 40.2 Å². The molecule has 0 saturated heterocycles. The van der Waals surface area contributed by atoms with Gasteiger partial charge in [0.1, 0.15) is 6.54 Å². The molecule has 2 aromatic rings. The van der Waals surface area contributed by atoms with Crippen molar-refractivity contribution >= 4 is 17.0 Å². The van der Waals surface area contributed by atoms with Gasteiger partial charge in [0.25, 0.3) is 11.6 Å². The van der Waals surface area contributed by atoms with E-state index in [1.165, 1.54) is 6.07 Å². The number of pyridine rings is 1. The molecule has 2 heterocycles. The van der Waals surface area contributed by atoms with Gasteiger partial charge in [-0.05, 0) is 26.3 Å². The van der Waals surface area contributed by atoms with Gasteiger partial charge in [-0.2, -0.15) is 13.2 Å². The molecule has 1 amide bonds. The van der Waals surface area contributed by atoms with E-state index in [1.807, 2.05) is 6.92 Å². The molecule has 5 nitrogen and oxygen atoms in total. The summed E-state index contributed by atoms with van der Waals surface area (Å²) in [6, 6.07) is 1.48. The van der Waals surface area contributed by atoms with Gasteiger partial charge in [-0.1, -0.05) is 18.5 Å². The Bertz CT molecular complexity index is 710. The van der Waals surface area contributed by atoms with Crippen LogP contribution in [0.1, 0.15) is 41.5 Å². The fraction of sp³-hybridized carbons (Fsp3) is 0.533. The first-order valence-corrected chi connectivity index (χ1v) is 7.32. The smallest absolute Gasteiger partial charge is 0.336 e. The highest BCUT2D eigenvalue weighted by molar-refractivity contribution is 6.06.